The molecule has 1 aliphatic heterocycles. The minimum atomic E-state index is -4.52. The topological polar surface area (TPSA) is 159 Å². The molecule has 118 valence electrons. The number of nitrogens with zero attached hydrogens (tertiary/aromatic N) is 2. The van der Waals surface area contributed by atoms with Crippen molar-refractivity contribution in [1.82, 2.24) is 0 Å². The van der Waals surface area contributed by atoms with Crippen molar-refractivity contribution in [2.75, 3.05) is 5.32 Å². The van der Waals surface area contributed by atoms with Gasteiger partial charge < -0.3 is 15.5 Å². The number of anilines is 1. The van der Waals surface area contributed by atoms with Gasteiger partial charge in [0.25, 0.3) is 10.0 Å². The van der Waals surface area contributed by atoms with E-state index in [2.05, 4.69) is 9.71 Å². The van der Waals surface area contributed by atoms with Crippen molar-refractivity contribution in [3.63, 3.8) is 0 Å². The van der Waals surface area contributed by atoms with E-state index in [9.17, 15) is 28.4 Å². The van der Waals surface area contributed by atoms with Gasteiger partial charge in [0.15, 0.2) is 10.6 Å². The number of nitro benzene ring substituents is 1. The summed E-state index contributed by atoms with van der Waals surface area (Å²) in [7, 11) is -4.52. The molecule has 0 aliphatic carbocycles. The number of amidine groups is 1. The summed E-state index contributed by atoms with van der Waals surface area (Å²) in [4.78, 5) is 20.3. The maximum Gasteiger partial charge on any atom is 0.333 e. The monoisotopic (exact) mass is 329 g/mol. The van der Waals surface area contributed by atoms with Crippen LogP contribution in [0.5, 0.6) is 5.75 Å². The molecular formula is C11H11N3O7S. The number of phenolic OH excluding ortho intramolecular Hbond substituents is 1. The standard InChI is InChI=1S/C11H11N3O7S/c1-2-5(11(16)17)10-12-6-3-4-7(15)8(14(18)19)9(6)22(20,21)13-10/h3-5,15H,2H2,1H3,(H,12,13)(H,16,17). The summed E-state index contributed by atoms with van der Waals surface area (Å²) in [6.45, 7) is 1.53. The number of hydrogen-bond acceptors (Lipinski definition) is 7. The molecule has 3 N–H and O–H groups in total. The lowest BCUT2D eigenvalue weighted by Gasteiger charge is -2.21. The fourth-order valence-corrected chi connectivity index (χ4v) is 3.41. The Balaban J connectivity index is 2.69. The highest BCUT2D eigenvalue weighted by Gasteiger charge is 2.38. The molecule has 0 spiro atoms. The first-order valence-corrected chi connectivity index (χ1v) is 7.48. The summed E-state index contributed by atoms with van der Waals surface area (Å²) in [5.74, 6) is -3.63. The number of carboxylic acids is 1. The summed E-state index contributed by atoms with van der Waals surface area (Å²) in [6, 6.07) is 2.06. The van der Waals surface area contributed by atoms with Gasteiger partial charge in [0.1, 0.15) is 11.8 Å². The number of rotatable bonds is 4. The van der Waals surface area contributed by atoms with Crippen LogP contribution in [0.4, 0.5) is 11.4 Å². The molecule has 2 rings (SSSR count). The molecule has 1 atom stereocenters. The highest BCUT2D eigenvalue weighted by atomic mass is 32.2. The van der Waals surface area contributed by atoms with Crippen molar-refractivity contribution < 1.29 is 28.3 Å². The molecule has 10 nitrogen and oxygen atoms in total. The first kappa shape index (κ1) is 15.7. The third kappa shape index (κ3) is 2.45. The number of fused-ring (bicyclic) bond motifs is 1. The molecule has 0 amide bonds. The Morgan fingerprint density at radius 3 is 2.64 bits per heavy atom. The number of sulfonamides is 1. The summed E-state index contributed by atoms with van der Waals surface area (Å²) >= 11 is 0. The first-order chi connectivity index (χ1) is 10.2. The summed E-state index contributed by atoms with van der Waals surface area (Å²) in [6.07, 6.45) is 0.0756. The molecule has 1 aromatic rings. The zero-order valence-electron chi connectivity index (χ0n) is 11.2. The van der Waals surface area contributed by atoms with Crippen LogP contribution in [-0.4, -0.2) is 35.4 Å². The number of phenols is 1. The predicted molar refractivity (Wildman–Crippen MR) is 74.4 cm³/mol. The van der Waals surface area contributed by atoms with Gasteiger partial charge in [0.2, 0.25) is 0 Å². The van der Waals surface area contributed by atoms with Crippen molar-refractivity contribution in [2.45, 2.75) is 18.2 Å². The summed E-state index contributed by atoms with van der Waals surface area (Å²) in [5, 5.41) is 32.0. The van der Waals surface area contributed by atoms with Crippen LogP contribution in [0.2, 0.25) is 0 Å². The van der Waals surface area contributed by atoms with E-state index in [1.165, 1.54) is 6.92 Å². The van der Waals surface area contributed by atoms with Gasteiger partial charge >= 0.3 is 11.7 Å². The number of nitrogens with one attached hydrogen (secondary N) is 1. The second kappa shape index (κ2) is 5.26. The third-order valence-corrected chi connectivity index (χ3v) is 4.43. The zero-order valence-corrected chi connectivity index (χ0v) is 12.0. The molecule has 1 aliphatic rings. The summed E-state index contributed by atoms with van der Waals surface area (Å²) in [5.41, 5.74) is -1.20. The maximum atomic E-state index is 12.2. The molecule has 0 aromatic heterocycles. The van der Waals surface area contributed by atoms with Crippen molar-refractivity contribution in [3.05, 3.63) is 22.2 Å². The van der Waals surface area contributed by atoms with E-state index in [0.717, 1.165) is 12.1 Å². The van der Waals surface area contributed by atoms with Crippen LogP contribution in [-0.2, 0) is 14.8 Å². The second-order valence-electron chi connectivity index (χ2n) is 4.44. The first-order valence-electron chi connectivity index (χ1n) is 6.04. The Morgan fingerprint density at radius 1 is 1.50 bits per heavy atom. The largest absolute Gasteiger partial charge is 0.502 e. The van der Waals surface area contributed by atoms with Crippen LogP contribution in [0, 0.1) is 16.0 Å². The smallest absolute Gasteiger partial charge is 0.333 e. The molecule has 1 aromatic carbocycles. The van der Waals surface area contributed by atoms with E-state index < -0.39 is 43.2 Å². The quantitative estimate of drug-likeness (QED) is 0.417. The van der Waals surface area contributed by atoms with Crippen LogP contribution in [0.3, 0.4) is 0 Å². The van der Waals surface area contributed by atoms with Crippen molar-refractivity contribution in [1.29, 1.82) is 0 Å². The molecule has 0 saturated carbocycles. The zero-order chi connectivity index (χ0) is 16.7. The number of aromatic hydroxyl groups is 1. The Hall–Kier alpha value is -2.69. The normalized spacial score (nSPS) is 16.9. The molecule has 22 heavy (non-hydrogen) atoms. The lowest BCUT2D eigenvalue weighted by Crippen LogP contribution is -2.33. The van der Waals surface area contributed by atoms with Gasteiger partial charge in [-0.05, 0) is 18.6 Å². The number of carbonyl (C=O) groups is 1. The van der Waals surface area contributed by atoms with Crippen LogP contribution in [0.1, 0.15) is 13.3 Å². The lowest BCUT2D eigenvalue weighted by atomic mass is 10.1. The van der Waals surface area contributed by atoms with Gasteiger partial charge in [0.05, 0.1) is 10.6 Å². The average molecular weight is 329 g/mol. The fraction of sp³-hybridized carbons (Fsp3) is 0.273. The van der Waals surface area contributed by atoms with Crippen LogP contribution in [0.25, 0.3) is 0 Å². The average Bonchev–Trinajstić information content (AvgIpc) is 2.38. The second-order valence-corrected chi connectivity index (χ2v) is 5.98. The number of nitro groups is 1. The van der Waals surface area contributed by atoms with Crippen LogP contribution >= 0.6 is 0 Å². The Kier molecular flexibility index (Phi) is 3.75. The predicted octanol–water partition coefficient (Wildman–Crippen LogP) is 0.924. The van der Waals surface area contributed by atoms with E-state index in [0.29, 0.717) is 0 Å². The van der Waals surface area contributed by atoms with E-state index in [-0.39, 0.29) is 17.9 Å². The van der Waals surface area contributed by atoms with E-state index in [1.54, 1.807) is 0 Å². The summed E-state index contributed by atoms with van der Waals surface area (Å²) < 4.78 is 27.6. The van der Waals surface area contributed by atoms with Gasteiger partial charge in [-0.2, -0.15) is 8.42 Å². The van der Waals surface area contributed by atoms with Gasteiger partial charge in [0, 0.05) is 0 Å². The van der Waals surface area contributed by atoms with E-state index >= 15 is 0 Å². The third-order valence-electron chi connectivity index (χ3n) is 3.07. The van der Waals surface area contributed by atoms with Gasteiger partial charge in [-0.15, -0.1) is 4.40 Å². The minimum Gasteiger partial charge on any atom is -0.502 e. The van der Waals surface area contributed by atoms with E-state index in [1.807, 2.05) is 0 Å². The molecule has 0 saturated heterocycles. The number of carboxylic acid groups (broad SMARTS) is 1. The van der Waals surface area contributed by atoms with Gasteiger partial charge in [-0.3, -0.25) is 14.9 Å². The molecule has 1 unspecified atom stereocenters. The number of benzene rings is 1. The molecule has 11 heteroatoms. The van der Waals surface area contributed by atoms with Gasteiger partial charge in [-0.1, -0.05) is 6.92 Å². The number of aliphatic carboxylic acids is 1. The van der Waals surface area contributed by atoms with E-state index in [4.69, 9.17) is 5.11 Å². The Morgan fingerprint density at radius 2 is 2.14 bits per heavy atom. The SMILES string of the molecule is CCC(C(=O)O)C1=NS(=O)(=O)c2c(ccc(O)c2[N+](=O)[O-])N1. The molecule has 0 bridgehead atoms. The van der Waals surface area contributed by atoms with Crippen molar-refractivity contribution in [3.8, 4) is 5.75 Å². The molecule has 1 heterocycles. The van der Waals surface area contributed by atoms with Gasteiger partial charge in [-0.25, -0.2) is 0 Å². The highest BCUT2D eigenvalue weighted by Crippen LogP contribution is 2.41. The van der Waals surface area contributed by atoms with Crippen LogP contribution < -0.4 is 5.32 Å². The minimum absolute atomic E-state index is 0.0756. The van der Waals surface area contributed by atoms with Crippen molar-refractivity contribution in [2.24, 2.45) is 10.3 Å². The Bertz CT molecular complexity index is 800. The highest BCUT2D eigenvalue weighted by molar-refractivity contribution is 7.90. The Labute approximate surface area is 124 Å². The molecular weight excluding hydrogens is 318 g/mol. The van der Waals surface area contributed by atoms with Crippen molar-refractivity contribution >= 4 is 33.2 Å². The maximum absolute atomic E-state index is 12.2. The van der Waals surface area contributed by atoms with Crippen LogP contribution in [0.15, 0.2) is 21.4 Å². The number of hydrogen-bond donors (Lipinski definition) is 3. The molecule has 0 fully saturated rings. The molecule has 0 radical (unpaired) electrons. The fourth-order valence-electron chi connectivity index (χ4n) is 2.07. The lowest BCUT2D eigenvalue weighted by molar-refractivity contribution is -0.388.